The summed E-state index contributed by atoms with van der Waals surface area (Å²) in [7, 11) is 0. The maximum atomic E-state index is 13.9. The second kappa shape index (κ2) is 5.32. The fraction of sp³-hybridized carbons (Fsp3) is 0.143. The van der Waals surface area contributed by atoms with E-state index in [9.17, 15) is 18.0 Å². The molecule has 0 fully saturated rings. The van der Waals surface area contributed by atoms with E-state index in [2.05, 4.69) is 4.98 Å². The van der Waals surface area contributed by atoms with E-state index in [1.165, 1.54) is 0 Å². The fourth-order valence-corrected chi connectivity index (χ4v) is 1.79. The molecule has 2 rings (SSSR count). The standard InChI is InChI=1S/C14H10F3NO2/c1-2-7-5-9(16)12(10(17)6-7)13-8(15)3-4-11(18-13)14(19)20/h3-6H,2H2,1H3,(H,19,20). The summed E-state index contributed by atoms with van der Waals surface area (Å²) in [6.45, 7) is 1.72. The monoisotopic (exact) mass is 281 g/mol. The summed E-state index contributed by atoms with van der Waals surface area (Å²) in [5.74, 6) is -4.35. The molecule has 1 aromatic heterocycles. The van der Waals surface area contributed by atoms with Crippen molar-refractivity contribution in [1.29, 1.82) is 0 Å². The van der Waals surface area contributed by atoms with Gasteiger partial charge in [-0.25, -0.2) is 22.9 Å². The van der Waals surface area contributed by atoms with Crippen LogP contribution in [-0.4, -0.2) is 16.1 Å². The zero-order valence-electron chi connectivity index (χ0n) is 10.5. The van der Waals surface area contributed by atoms with Crippen molar-refractivity contribution in [2.75, 3.05) is 0 Å². The molecule has 6 heteroatoms. The van der Waals surface area contributed by atoms with Crippen LogP contribution < -0.4 is 0 Å². The third-order valence-corrected chi connectivity index (χ3v) is 2.81. The Bertz CT molecular complexity index is 663. The van der Waals surface area contributed by atoms with Crippen molar-refractivity contribution in [3.05, 3.63) is 53.0 Å². The van der Waals surface area contributed by atoms with Gasteiger partial charge in [-0.05, 0) is 36.2 Å². The minimum atomic E-state index is -1.41. The van der Waals surface area contributed by atoms with Crippen LogP contribution >= 0.6 is 0 Å². The van der Waals surface area contributed by atoms with Crippen LogP contribution in [0.15, 0.2) is 24.3 Å². The molecule has 2 aromatic rings. The zero-order chi connectivity index (χ0) is 14.9. The number of aryl methyl sites for hydroxylation is 1. The van der Waals surface area contributed by atoms with E-state index in [0.29, 0.717) is 12.0 Å². The fourth-order valence-electron chi connectivity index (χ4n) is 1.79. The number of rotatable bonds is 3. The van der Waals surface area contributed by atoms with Gasteiger partial charge in [0.05, 0.1) is 5.56 Å². The average molecular weight is 281 g/mol. The Hall–Kier alpha value is -2.37. The van der Waals surface area contributed by atoms with Gasteiger partial charge in [-0.3, -0.25) is 0 Å². The molecule has 1 aromatic carbocycles. The summed E-state index contributed by atoms with van der Waals surface area (Å²) in [5.41, 5.74) is -1.39. The molecule has 0 saturated carbocycles. The van der Waals surface area contributed by atoms with Crippen LogP contribution in [-0.2, 0) is 6.42 Å². The number of pyridine rings is 1. The second-order valence-corrected chi connectivity index (χ2v) is 4.12. The summed E-state index contributed by atoms with van der Waals surface area (Å²) in [5, 5.41) is 8.80. The van der Waals surface area contributed by atoms with E-state index in [1.807, 2.05) is 0 Å². The van der Waals surface area contributed by atoms with Crippen LogP contribution in [0.2, 0.25) is 0 Å². The third-order valence-electron chi connectivity index (χ3n) is 2.81. The summed E-state index contributed by atoms with van der Waals surface area (Å²) in [4.78, 5) is 14.3. The lowest BCUT2D eigenvalue weighted by atomic mass is 10.0. The molecule has 0 spiro atoms. The van der Waals surface area contributed by atoms with E-state index in [-0.39, 0.29) is 0 Å². The minimum Gasteiger partial charge on any atom is -0.477 e. The maximum absolute atomic E-state index is 13.9. The van der Waals surface area contributed by atoms with Crippen molar-refractivity contribution in [2.24, 2.45) is 0 Å². The molecular formula is C14H10F3NO2. The molecule has 0 unspecified atom stereocenters. The van der Waals surface area contributed by atoms with E-state index >= 15 is 0 Å². The molecule has 0 aliphatic rings. The van der Waals surface area contributed by atoms with Gasteiger partial charge in [0.1, 0.15) is 28.8 Å². The van der Waals surface area contributed by atoms with Gasteiger partial charge in [-0.15, -0.1) is 0 Å². The highest BCUT2D eigenvalue weighted by Crippen LogP contribution is 2.28. The van der Waals surface area contributed by atoms with Gasteiger partial charge in [-0.2, -0.15) is 0 Å². The first kappa shape index (κ1) is 14.0. The Morgan fingerprint density at radius 1 is 1.15 bits per heavy atom. The Morgan fingerprint density at radius 3 is 2.25 bits per heavy atom. The van der Waals surface area contributed by atoms with Crippen LogP contribution in [0, 0.1) is 17.5 Å². The van der Waals surface area contributed by atoms with Gasteiger partial charge in [0.2, 0.25) is 0 Å². The van der Waals surface area contributed by atoms with Gasteiger partial charge in [0.25, 0.3) is 0 Å². The van der Waals surface area contributed by atoms with E-state index in [0.717, 1.165) is 24.3 Å². The molecule has 0 aliphatic carbocycles. The molecule has 0 bridgehead atoms. The number of benzene rings is 1. The van der Waals surface area contributed by atoms with E-state index in [4.69, 9.17) is 5.11 Å². The lowest BCUT2D eigenvalue weighted by Crippen LogP contribution is -2.05. The van der Waals surface area contributed by atoms with Gasteiger partial charge in [0.15, 0.2) is 0 Å². The molecular weight excluding hydrogens is 271 g/mol. The van der Waals surface area contributed by atoms with Gasteiger partial charge in [0, 0.05) is 0 Å². The molecule has 0 amide bonds. The van der Waals surface area contributed by atoms with Crippen molar-refractivity contribution >= 4 is 5.97 Å². The number of carbonyl (C=O) groups is 1. The first-order valence-electron chi connectivity index (χ1n) is 5.82. The number of aromatic carboxylic acids is 1. The second-order valence-electron chi connectivity index (χ2n) is 4.12. The van der Waals surface area contributed by atoms with E-state index < -0.39 is 40.4 Å². The first-order chi connectivity index (χ1) is 9.43. The number of carboxylic acids is 1. The van der Waals surface area contributed by atoms with Crippen molar-refractivity contribution in [3.8, 4) is 11.3 Å². The van der Waals surface area contributed by atoms with Crippen LogP contribution in [0.5, 0.6) is 0 Å². The molecule has 1 N–H and O–H groups in total. The van der Waals surface area contributed by atoms with Crippen molar-refractivity contribution in [3.63, 3.8) is 0 Å². The number of aromatic nitrogens is 1. The van der Waals surface area contributed by atoms with Crippen LogP contribution in [0.1, 0.15) is 23.0 Å². The van der Waals surface area contributed by atoms with Crippen LogP contribution in [0.3, 0.4) is 0 Å². The lowest BCUT2D eigenvalue weighted by Gasteiger charge is -2.08. The molecule has 20 heavy (non-hydrogen) atoms. The molecule has 0 aliphatic heterocycles. The topological polar surface area (TPSA) is 50.2 Å². The van der Waals surface area contributed by atoms with E-state index in [1.54, 1.807) is 6.92 Å². The van der Waals surface area contributed by atoms with Gasteiger partial charge >= 0.3 is 5.97 Å². The van der Waals surface area contributed by atoms with Crippen LogP contribution in [0.4, 0.5) is 13.2 Å². The highest BCUT2D eigenvalue weighted by Gasteiger charge is 2.20. The number of carboxylic acid groups (broad SMARTS) is 1. The first-order valence-corrected chi connectivity index (χ1v) is 5.82. The Labute approximate surface area is 112 Å². The molecule has 1 heterocycles. The number of nitrogens with zero attached hydrogens (tertiary/aromatic N) is 1. The Kier molecular flexibility index (Phi) is 3.74. The highest BCUT2D eigenvalue weighted by molar-refractivity contribution is 5.86. The summed E-state index contributed by atoms with van der Waals surface area (Å²) >= 11 is 0. The van der Waals surface area contributed by atoms with Gasteiger partial charge < -0.3 is 5.11 Å². The van der Waals surface area contributed by atoms with Crippen LogP contribution in [0.25, 0.3) is 11.3 Å². The summed E-state index contributed by atoms with van der Waals surface area (Å²) in [6.07, 6.45) is 0.416. The summed E-state index contributed by atoms with van der Waals surface area (Å²) < 4.78 is 41.5. The minimum absolute atomic E-state index is 0.415. The Balaban J connectivity index is 2.68. The molecule has 0 radical (unpaired) electrons. The third kappa shape index (κ3) is 2.49. The quantitative estimate of drug-likeness (QED) is 0.937. The molecule has 0 saturated heterocycles. The maximum Gasteiger partial charge on any atom is 0.354 e. The highest BCUT2D eigenvalue weighted by atomic mass is 19.1. The predicted octanol–water partition coefficient (Wildman–Crippen LogP) is 3.43. The lowest BCUT2D eigenvalue weighted by molar-refractivity contribution is 0.0690. The average Bonchev–Trinajstić information content (AvgIpc) is 2.39. The zero-order valence-corrected chi connectivity index (χ0v) is 10.5. The van der Waals surface area contributed by atoms with Crippen molar-refractivity contribution in [1.82, 2.24) is 4.98 Å². The molecule has 0 atom stereocenters. The Morgan fingerprint density at radius 2 is 1.75 bits per heavy atom. The molecule has 3 nitrogen and oxygen atoms in total. The smallest absolute Gasteiger partial charge is 0.354 e. The number of hydrogen-bond acceptors (Lipinski definition) is 2. The van der Waals surface area contributed by atoms with Crippen molar-refractivity contribution < 1.29 is 23.1 Å². The van der Waals surface area contributed by atoms with Gasteiger partial charge in [-0.1, -0.05) is 6.92 Å². The summed E-state index contributed by atoms with van der Waals surface area (Å²) in [6, 6.07) is 3.90. The van der Waals surface area contributed by atoms with Crippen molar-refractivity contribution in [2.45, 2.75) is 13.3 Å². The molecule has 104 valence electrons. The number of hydrogen-bond donors (Lipinski definition) is 1. The normalized spacial score (nSPS) is 10.6. The number of halogens is 3. The SMILES string of the molecule is CCc1cc(F)c(-c2nc(C(=O)O)ccc2F)c(F)c1. The predicted molar refractivity (Wildman–Crippen MR) is 65.9 cm³/mol. The largest absolute Gasteiger partial charge is 0.477 e.